The molecule has 1 N–H and O–H groups in total. The van der Waals surface area contributed by atoms with Crippen molar-refractivity contribution in [2.45, 2.75) is 25.9 Å². The van der Waals surface area contributed by atoms with E-state index in [1.807, 2.05) is 0 Å². The lowest BCUT2D eigenvalue weighted by molar-refractivity contribution is -0.138. The van der Waals surface area contributed by atoms with E-state index in [0.29, 0.717) is 0 Å². The number of carboxylic acid groups (broad SMARTS) is 1. The van der Waals surface area contributed by atoms with Gasteiger partial charge in [0.25, 0.3) is 5.91 Å². The highest BCUT2D eigenvalue weighted by Crippen LogP contribution is 2.23. The topological polar surface area (TPSA) is 83.9 Å². The van der Waals surface area contributed by atoms with E-state index < -0.39 is 23.6 Å². The zero-order chi connectivity index (χ0) is 10.9. The van der Waals surface area contributed by atoms with Crippen molar-refractivity contribution < 1.29 is 24.2 Å². The lowest BCUT2D eigenvalue weighted by Gasteiger charge is -2.12. The smallest absolute Gasteiger partial charge is 0.417 e. The van der Waals surface area contributed by atoms with Gasteiger partial charge in [-0.05, 0) is 13.8 Å². The number of hydrogen-bond acceptors (Lipinski definition) is 4. The van der Waals surface area contributed by atoms with Gasteiger partial charge in [0.15, 0.2) is 5.60 Å². The van der Waals surface area contributed by atoms with Crippen molar-refractivity contribution >= 4 is 18.0 Å². The van der Waals surface area contributed by atoms with Crippen LogP contribution in [0.2, 0.25) is 0 Å². The quantitative estimate of drug-likeness (QED) is 0.706. The fraction of sp³-hybridized carbons (Fsp3) is 0.625. The van der Waals surface area contributed by atoms with Gasteiger partial charge in [0.1, 0.15) is 0 Å². The number of amides is 2. The lowest BCUT2D eigenvalue weighted by Crippen LogP contribution is -2.37. The second-order valence-electron chi connectivity index (χ2n) is 3.48. The number of nitrogens with zero attached hydrogens (tertiary/aromatic N) is 1. The summed E-state index contributed by atoms with van der Waals surface area (Å²) in [6, 6.07) is 0. The van der Waals surface area contributed by atoms with Crippen LogP contribution in [-0.4, -0.2) is 40.1 Å². The van der Waals surface area contributed by atoms with Gasteiger partial charge in [-0.1, -0.05) is 0 Å². The molecule has 1 heterocycles. The van der Waals surface area contributed by atoms with E-state index in [1.54, 1.807) is 0 Å². The number of cyclic esters (lactones) is 1. The largest absolute Gasteiger partial charge is 0.481 e. The Labute approximate surface area is 80.4 Å². The molecule has 0 atom stereocenters. The molecule has 0 aromatic heterocycles. The fourth-order valence-corrected chi connectivity index (χ4v) is 1.13. The van der Waals surface area contributed by atoms with Crippen LogP contribution in [0, 0.1) is 0 Å². The molecule has 2 amide bonds. The summed E-state index contributed by atoms with van der Waals surface area (Å²) in [5.41, 5.74) is -1.17. The van der Waals surface area contributed by atoms with E-state index in [4.69, 9.17) is 9.84 Å². The van der Waals surface area contributed by atoms with Gasteiger partial charge in [-0.25, -0.2) is 9.69 Å². The third-order valence-corrected chi connectivity index (χ3v) is 1.87. The lowest BCUT2D eigenvalue weighted by atomic mass is 10.1. The molecule has 6 heteroatoms. The molecule has 0 aliphatic carbocycles. The standard InChI is InChI=1S/C8H11NO5/c1-8(2)6(12)9(7(13)14-8)4-3-5(10)11/h3-4H2,1-2H3,(H,10,11). The molecule has 0 saturated carbocycles. The summed E-state index contributed by atoms with van der Waals surface area (Å²) >= 11 is 0. The molecule has 6 nitrogen and oxygen atoms in total. The highest BCUT2D eigenvalue weighted by molar-refractivity contribution is 6.02. The number of carbonyl (C=O) groups excluding carboxylic acids is 2. The molecule has 0 unspecified atom stereocenters. The Hall–Kier alpha value is -1.59. The highest BCUT2D eigenvalue weighted by Gasteiger charge is 2.46. The third-order valence-electron chi connectivity index (χ3n) is 1.87. The summed E-state index contributed by atoms with van der Waals surface area (Å²) in [7, 11) is 0. The van der Waals surface area contributed by atoms with Crippen molar-refractivity contribution in [3.63, 3.8) is 0 Å². The number of imide groups is 1. The average Bonchev–Trinajstić information content (AvgIpc) is 2.19. The fourth-order valence-electron chi connectivity index (χ4n) is 1.13. The zero-order valence-corrected chi connectivity index (χ0v) is 7.94. The molecule has 0 bridgehead atoms. The van der Waals surface area contributed by atoms with E-state index in [0.717, 1.165) is 4.90 Å². The molecule has 1 aliphatic rings. The van der Waals surface area contributed by atoms with Crippen molar-refractivity contribution in [3.8, 4) is 0 Å². The van der Waals surface area contributed by atoms with Gasteiger partial charge in [-0.15, -0.1) is 0 Å². The molecule has 1 rings (SSSR count). The van der Waals surface area contributed by atoms with Crippen molar-refractivity contribution in [2.75, 3.05) is 6.54 Å². The normalized spacial score (nSPS) is 19.7. The summed E-state index contributed by atoms with van der Waals surface area (Å²) in [5, 5.41) is 8.39. The van der Waals surface area contributed by atoms with Crippen LogP contribution in [-0.2, 0) is 14.3 Å². The summed E-state index contributed by atoms with van der Waals surface area (Å²) in [6.07, 6.45) is -1.04. The Balaban J connectivity index is 2.67. The van der Waals surface area contributed by atoms with Crippen molar-refractivity contribution in [1.29, 1.82) is 0 Å². The first-order chi connectivity index (χ1) is 6.34. The van der Waals surface area contributed by atoms with Crippen LogP contribution in [0.3, 0.4) is 0 Å². The molecule has 1 saturated heterocycles. The van der Waals surface area contributed by atoms with E-state index in [1.165, 1.54) is 13.8 Å². The van der Waals surface area contributed by atoms with Gasteiger partial charge in [0.05, 0.1) is 6.42 Å². The van der Waals surface area contributed by atoms with E-state index in [9.17, 15) is 14.4 Å². The van der Waals surface area contributed by atoms with Crippen LogP contribution in [0.15, 0.2) is 0 Å². The van der Waals surface area contributed by atoms with Crippen LogP contribution in [0.4, 0.5) is 4.79 Å². The number of rotatable bonds is 3. The molecule has 14 heavy (non-hydrogen) atoms. The Bertz CT molecular complexity index is 296. The minimum Gasteiger partial charge on any atom is -0.481 e. The number of aliphatic carboxylic acids is 1. The van der Waals surface area contributed by atoms with Crippen LogP contribution < -0.4 is 0 Å². The van der Waals surface area contributed by atoms with Crippen LogP contribution in [0.5, 0.6) is 0 Å². The first kappa shape index (κ1) is 10.5. The van der Waals surface area contributed by atoms with E-state index in [2.05, 4.69) is 0 Å². The summed E-state index contributed by atoms with van der Waals surface area (Å²) in [6.45, 7) is 2.79. The molecule has 1 aliphatic heterocycles. The molecule has 1 fully saturated rings. The summed E-state index contributed by atoms with van der Waals surface area (Å²) in [4.78, 5) is 33.6. The van der Waals surface area contributed by atoms with E-state index >= 15 is 0 Å². The molecule has 0 aromatic carbocycles. The highest BCUT2D eigenvalue weighted by atomic mass is 16.6. The van der Waals surface area contributed by atoms with Crippen molar-refractivity contribution in [3.05, 3.63) is 0 Å². The van der Waals surface area contributed by atoms with Gasteiger partial charge in [-0.3, -0.25) is 9.59 Å². The minimum atomic E-state index is -1.17. The average molecular weight is 201 g/mol. The first-order valence-corrected chi connectivity index (χ1v) is 4.11. The monoisotopic (exact) mass is 201 g/mol. The van der Waals surface area contributed by atoms with Crippen LogP contribution >= 0.6 is 0 Å². The van der Waals surface area contributed by atoms with Crippen LogP contribution in [0.1, 0.15) is 20.3 Å². The molecule has 0 aromatic rings. The molecular formula is C8H11NO5. The Morgan fingerprint density at radius 1 is 1.50 bits per heavy atom. The summed E-state index contributed by atoms with van der Waals surface area (Å²) in [5.74, 6) is -1.56. The van der Waals surface area contributed by atoms with Crippen LogP contribution in [0.25, 0.3) is 0 Å². The number of carbonyl (C=O) groups is 3. The maximum Gasteiger partial charge on any atom is 0.417 e. The number of carboxylic acids is 1. The predicted molar refractivity (Wildman–Crippen MR) is 44.5 cm³/mol. The minimum absolute atomic E-state index is 0.142. The predicted octanol–water partition coefficient (Wildman–Crippen LogP) is 0.219. The van der Waals surface area contributed by atoms with Gasteiger partial charge in [-0.2, -0.15) is 0 Å². The third kappa shape index (κ3) is 1.84. The second kappa shape index (κ2) is 3.28. The molecule has 0 spiro atoms. The second-order valence-corrected chi connectivity index (χ2v) is 3.48. The molecule has 0 radical (unpaired) electrons. The first-order valence-electron chi connectivity index (χ1n) is 4.11. The van der Waals surface area contributed by atoms with Gasteiger partial charge < -0.3 is 9.84 Å². The zero-order valence-electron chi connectivity index (χ0n) is 7.94. The Morgan fingerprint density at radius 2 is 2.07 bits per heavy atom. The van der Waals surface area contributed by atoms with Gasteiger partial charge >= 0.3 is 12.1 Å². The molecular weight excluding hydrogens is 190 g/mol. The SMILES string of the molecule is CC1(C)OC(=O)N(CCC(=O)O)C1=O. The Kier molecular flexibility index (Phi) is 2.46. The summed E-state index contributed by atoms with van der Waals surface area (Å²) < 4.78 is 4.75. The van der Waals surface area contributed by atoms with Crippen molar-refractivity contribution in [1.82, 2.24) is 4.90 Å². The maximum atomic E-state index is 11.4. The van der Waals surface area contributed by atoms with Gasteiger partial charge in [0, 0.05) is 6.54 Å². The molecule has 78 valence electrons. The maximum absolute atomic E-state index is 11.4. The Morgan fingerprint density at radius 3 is 2.43 bits per heavy atom. The van der Waals surface area contributed by atoms with E-state index in [-0.39, 0.29) is 13.0 Å². The number of ether oxygens (including phenoxy) is 1. The van der Waals surface area contributed by atoms with Crippen molar-refractivity contribution in [2.24, 2.45) is 0 Å². The number of hydrogen-bond donors (Lipinski definition) is 1. The van der Waals surface area contributed by atoms with Gasteiger partial charge in [0.2, 0.25) is 0 Å².